The SMILES string of the molecule is N#Cc1ccc(Br)cc1SCC(=O)NC1CC1. The van der Waals surface area contributed by atoms with E-state index < -0.39 is 0 Å². The molecule has 3 nitrogen and oxygen atoms in total. The first-order valence-electron chi connectivity index (χ1n) is 5.31. The molecular formula is C12H11BrN2OS. The normalized spacial score (nSPS) is 14.1. The fourth-order valence-electron chi connectivity index (χ4n) is 1.35. The van der Waals surface area contributed by atoms with Crippen LogP contribution in [0, 0.1) is 11.3 Å². The first-order chi connectivity index (χ1) is 8.19. The molecule has 88 valence electrons. The molecule has 1 aliphatic rings. The molecule has 0 spiro atoms. The van der Waals surface area contributed by atoms with Crippen molar-refractivity contribution in [3.8, 4) is 6.07 Å². The molecule has 1 fully saturated rings. The van der Waals surface area contributed by atoms with Crippen LogP contribution in [0.2, 0.25) is 0 Å². The molecule has 0 unspecified atom stereocenters. The molecule has 0 atom stereocenters. The Morgan fingerprint density at radius 1 is 1.59 bits per heavy atom. The van der Waals surface area contributed by atoms with Crippen molar-refractivity contribution < 1.29 is 4.79 Å². The average molecular weight is 311 g/mol. The van der Waals surface area contributed by atoms with E-state index in [0.29, 0.717) is 17.4 Å². The molecule has 5 heteroatoms. The summed E-state index contributed by atoms with van der Waals surface area (Å²) in [6.45, 7) is 0. The van der Waals surface area contributed by atoms with Gasteiger partial charge in [0.25, 0.3) is 0 Å². The van der Waals surface area contributed by atoms with Gasteiger partial charge in [-0.3, -0.25) is 4.79 Å². The summed E-state index contributed by atoms with van der Waals surface area (Å²) in [4.78, 5) is 12.4. The number of thioether (sulfide) groups is 1. The highest BCUT2D eigenvalue weighted by molar-refractivity contribution is 9.10. The Bertz CT molecular complexity index is 480. The molecule has 0 bridgehead atoms. The van der Waals surface area contributed by atoms with Crippen molar-refractivity contribution in [2.24, 2.45) is 0 Å². The lowest BCUT2D eigenvalue weighted by Crippen LogP contribution is -2.27. The number of rotatable bonds is 4. The summed E-state index contributed by atoms with van der Waals surface area (Å²) in [6.07, 6.45) is 2.19. The van der Waals surface area contributed by atoms with Gasteiger partial charge in [-0.2, -0.15) is 5.26 Å². The summed E-state index contributed by atoms with van der Waals surface area (Å²) in [5.74, 6) is 0.406. The van der Waals surface area contributed by atoms with E-state index in [0.717, 1.165) is 22.2 Å². The van der Waals surface area contributed by atoms with E-state index in [-0.39, 0.29) is 5.91 Å². The van der Waals surface area contributed by atoms with Crippen molar-refractivity contribution in [3.63, 3.8) is 0 Å². The first-order valence-corrected chi connectivity index (χ1v) is 7.08. The van der Waals surface area contributed by atoms with Gasteiger partial charge in [0.2, 0.25) is 5.91 Å². The maximum Gasteiger partial charge on any atom is 0.230 e. The second-order valence-electron chi connectivity index (χ2n) is 3.88. The Morgan fingerprint density at radius 3 is 3.00 bits per heavy atom. The van der Waals surface area contributed by atoms with Crippen molar-refractivity contribution in [3.05, 3.63) is 28.2 Å². The van der Waals surface area contributed by atoms with Crippen LogP contribution in [0.5, 0.6) is 0 Å². The second kappa shape index (κ2) is 5.56. The Kier molecular flexibility index (Phi) is 4.08. The average Bonchev–Trinajstić information content (AvgIpc) is 3.10. The lowest BCUT2D eigenvalue weighted by molar-refractivity contribution is -0.118. The van der Waals surface area contributed by atoms with Gasteiger partial charge in [0, 0.05) is 15.4 Å². The third kappa shape index (κ3) is 3.76. The van der Waals surface area contributed by atoms with E-state index in [4.69, 9.17) is 5.26 Å². The van der Waals surface area contributed by atoms with Crippen LogP contribution in [0.25, 0.3) is 0 Å². The molecule has 0 aromatic heterocycles. The van der Waals surface area contributed by atoms with Gasteiger partial charge < -0.3 is 5.32 Å². The number of nitriles is 1. The van der Waals surface area contributed by atoms with Crippen LogP contribution in [-0.4, -0.2) is 17.7 Å². The standard InChI is InChI=1S/C12H11BrN2OS/c13-9-2-1-8(6-14)11(5-9)17-7-12(16)15-10-3-4-10/h1-2,5,10H,3-4,7H2,(H,15,16). The Labute approximate surface area is 113 Å². The topological polar surface area (TPSA) is 52.9 Å². The summed E-state index contributed by atoms with van der Waals surface area (Å²) in [7, 11) is 0. The van der Waals surface area contributed by atoms with Crippen molar-refractivity contribution in [2.45, 2.75) is 23.8 Å². The second-order valence-corrected chi connectivity index (χ2v) is 5.82. The first kappa shape index (κ1) is 12.5. The van der Waals surface area contributed by atoms with Crippen LogP contribution >= 0.6 is 27.7 Å². The lowest BCUT2D eigenvalue weighted by Gasteiger charge is -2.05. The van der Waals surface area contributed by atoms with Crippen molar-refractivity contribution in [1.82, 2.24) is 5.32 Å². The predicted octanol–water partition coefficient (Wildman–Crippen LogP) is 2.69. The molecule has 0 saturated heterocycles. The number of hydrogen-bond acceptors (Lipinski definition) is 3. The molecule has 1 aromatic carbocycles. The minimum Gasteiger partial charge on any atom is -0.353 e. The van der Waals surface area contributed by atoms with Crippen LogP contribution in [0.1, 0.15) is 18.4 Å². The fraction of sp³-hybridized carbons (Fsp3) is 0.333. The number of benzene rings is 1. The zero-order chi connectivity index (χ0) is 12.3. The van der Waals surface area contributed by atoms with E-state index in [9.17, 15) is 4.79 Å². The van der Waals surface area contributed by atoms with Crippen LogP contribution in [-0.2, 0) is 4.79 Å². The molecule has 0 aliphatic heterocycles. The minimum atomic E-state index is 0.0429. The van der Waals surface area contributed by atoms with Crippen LogP contribution in [0.3, 0.4) is 0 Å². The highest BCUT2D eigenvalue weighted by Crippen LogP contribution is 2.26. The summed E-state index contributed by atoms with van der Waals surface area (Å²) in [5.41, 5.74) is 0.609. The minimum absolute atomic E-state index is 0.0429. The highest BCUT2D eigenvalue weighted by Gasteiger charge is 2.23. The highest BCUT2D eigenvalue weighted by atomic mass is 79.9. The Morgan fingerprint density at radius 2 is 2.35 bits per heavy atom. The molecular weight excluding hydrogens is 300 g/mol. The van der Waals surface area contributed by atoms with Crippen LogP contribution in [0.15, 0.2) is 27.6 Å². The van der Waals surface area contributed by atoms with Gasteiger partial charge in [-0.1, -0.05) is 15.9 Å². The van der Waals surface area contributed by atoms with Crippen LogP contribution < -0.4 is 5.32 Å². The van der Waals surface area contributed by atoms with Crippen molar-refractivity contribution in [2.75, 3.05) is 5.75 Å². The van der Waals surface area contributed by atoms with E-state index in [2.05, 4.69) is 27.3 Å². The van der Waals surface area contributed by atoms with Gasteiger partial charge in [0.15, 0.2) is 0 Å². The third-order valence-electron chi connectivity index (χ3n) is 2.37. The molecule has 0 heterocycles. The van der Waals surface area contributed by atoms with Gasteiger partial charge in [0.05, 0.1) is 11.3 Å². The molecule has 0 radical (unpaired) electrons. The smallest absolute Gasteiger partial charge is 0.230 e. The van der Waals surface area contributed by atoms with E-state index in [1.54, 1.807) is 6.07 Å². The third-order valence-corrected chi connectivity index (χ3v) is 3.91. The number of nitrogens with one attached hydrogen (secondary N) is 1. The number of nitrogens with zero attached hydrogens (tertiary/aromatic N) is 1. The molecule has 1 amide bonds. The number of amides is 1. The molecule has 17 heavy (non-hydrogen) atoms. The number of carbonyl (C=O) groups is 1. The fourth-order valence-corrected chi connectivity index (χ4v) is 2.71. The molecule has 1 N–H and O–H groups in total. The van der Waals surface area contributed by atoms with Gasteiger partial charge in [-0.25, -0.2) is 0 Å². The molecule has 1 aliphatic carbocycles. The zero-order valence-corrected chi connectivity index (χ0v) is 11.5. The summed E-state index contributed by atoms with van der Waals surface area (Å²) < 4.78 is 0.918. The van der Waals surface area contributed by atoms with E-state index in [1.165, 1.54) is 11.8 Å². The van der Waals surface area contributed by atoms with Gasteiger partial charge in [-0.15, -0.1) is 11.8 Å². The summed E-state index contributed by atoms with van der Waals surface area (Å²) in [6, 6.07) is 7.97. The predicted molar refractivity (Wildman–Crippen MR) is 70.7 cm³/mol. The number of halogens is 1. The van der Waals surface area contributed by atoms with Crippen molar-refractivity contribution >= 4 is 33.6 Å². The van der Waals surface area contributed by atoms with E-state index >= 15 is 0 Å². The Balaban J connectivity index is 1.95. The van der Waals surface area contributed by atoms with Gasteiger partial charge >= 0.3 is 0 Å². The quantitative estimate of drug-likeness (QED) is 0.870. The van der Waals surface area contributed by atoms with Gasteiger partial charge in [-0.05, 0) is 31.0 Å². The Hall–Kier alpha value is -0.990. The van der Waals surface area contributed by atoms with Crippen LogP contribution in [0.4, 0.5) is 0 Å². The van der Waals surface area contributed by atoms with E-state index in [1.807, 2.05) is 12.1 Å². The summed E-state index contributed by atoms with van der Waals surface area (Å²) >= 11 is 4.76. The molecule has 1 saturated carbocycles. The summed E-state index contributed by atoms with van der Waals surface area (Å²) in [5, 5.41) is 11.9. The monoisotopic (exact) mass is 310 g/mol. The maximum atomic E-state index is 11.5. The largest absolute Gasteiger partial charge is 0.353 e. The number of hydrogen-bond donors (Lipinski definition) is 1. The number of carbonyl (C=O) groups excluding carboxylic acids is 1. The maximum absolute atomic E-state index is 11.5. The lowest BCUT2D eigenvalue weighted by atomic mass is 10.2. The van der Waals surface area contributed by atoms with Gasteiger partial charge in [0.1, 0.15) is 6.07 Å². The zero-order valence-electron chi connectivity index (χ0n) is 9.07. The van der Waals surface area contributed by atoms with Crippen molar-refractivity contribution in [1.29, 1.82) is 5.26 Å². The molecule has 2 rings (SSSR count). The molecule has 1 aromatic rings.